The largest absolute Gasteiger partial charge is 0.484 e. The molecule has 0 aromatic heterocycles. The van der Waals surface area contributed by atoms with Crippen molar-refractivity contribution in [1.29, 1.82) is 0 Å². The van der Waals surface area contributed by atoms with Crippen LogP contribution < -0.4 is 15.8 Å². The first kappa shape index (κ1) is 13.8. The first-order valence-corrected chi connectivity index (χ1v) is 6.64. The molecule has 0 atom stereocenters. The number of carbonyl (C=O) groups excluding carboxylic acids is 1. The molecule has 1 amide bonds. The van der Waals surface area contributed by atoms with Crippen molar-refractivity contribution in [3.63, 3.8) is 0 Å². The molecule has 0 bridgehead atoms. The minimum atomic E-state index is -0.460. The summed E-state index contributed by atoms with van der Waals surface area (Å²) in [5, 5.41) is 3.29. The summed E-state index contributed by atoms with van der Waals surface area (Å²) in [5.74, 6) is 0.217. The smallest absolute Gasteiger partial charge is 0.255 e. The third kappa shape index (κ3) is 3.94. The Morgan fingerprint density at radius 3 is 2.58 bits per heavy atom. The Labute approximate surface area is 113 Å². The summed E-state index contributed by atoms with van der Waals surface area (Å²) in [6.45, 7) is 6.25. The molecule has 2 rings (SSSR count). The van der Waals surface area contributed by atoms with E-state index in [0.29, 0.717) is 11.8 Å². The van der Waals surface area contributed by atoms with Crippen LogP contribution in [0.4, 0.5) is 0 Å². The zero-order valence-electron chi connectivity index (χ0n) is 11.3. The second-order valence-electron chi connectivity index (χ2n) is 4.77. The van der Waals surface area contributed by atoms with Gasteiger partial charge in [-0.1, -0.05) is 19.1 Å². The Morgan fingerprint density at radius 2 is 2.11 bits per heavy atom. The minimum absolute atomic E-state index is 0.0752. The van der Waals surface area contributed by atoms with E-state index in [-0.39, 0.29) is 6.61 Å². The van der Waals surface area contributed by atoms with E-state index in [9.17, 15) is 4.79 Å². The van der Waals surface area contributed by atoms with Crippen LogP contribution in [0.2, 0.25) is 0 Å². The van der Waals surface area contributed by atoms with Crippen molar-refractivity contribution in [1.82, 2.24) is 10.2 Å². The minimum Gasteiger partial charge on any atom is -0.484 e. The molecule has 0 saturated carbocycles. The fourth-order valence-corrected chi connectivity index (χ4v) is 2.11. The molecular formula is C14H21N3O2. The lowest BCUT2D eigenvalue weighted by molar-refractivity contribution is -0.119. The molecule has 3 N–H and O–H groups in total. The summed E-state index contributed by atoms with van der Waals surface area (Å²) in [5.41, 5.74) is 6.28. The van der Waals surface area contributed by atoms with Crippen molar-refractivity contribution in [2.75, 3.05) is 26.2 Å². The number of rotatable bonds is 7. The second-order valence-corrected chi connectivity index (χ2v) is 4.77. The quantitative estimate of drug-likeness (QED) is 0.744. The number of nitrogens with two attached hydrogens (primary N) is 1. The monoisotopic (exact) mass is 263 g/mol. The SMILES string of the molecule is CCN(Cc1ccc(OCC(N)=O)cc1)C1CNC1. The van der Waals surface area contributed by atoms with Crippen LogP contribution in [0, 0.1) is 0 Å². The van der Waals surface area contributed by atoms with E-state index >= 15 is 0 Å². The van der Waals surface area contributed by atoms with Gasteiger partial charge in [-0.15, -0.1) is 0 Å². The van der Waals surface area contributed by atoms with E-state index in [1.54, 1.807) is 0 Å². The van der Waals surface area contributed by atoms with Gasteiger partial charge < -0.3 is 15.8 Å². The highest BCUT2D eigenvalue weighted by molar-refractivity contribution is 5.75. The number of carbonyl (C=O) groups is 1. The van der Waals surface area contributed by atoms with E-state index in [1.165, 1.54) is 5.56 Å². The molecule has 19 heavy (non-hydrogen) atoms. The lowest BCUT2D eigenvalue weighted by Crippen LogP contribution is -2.56. The van der Waals surface area contributed by atoms with Gasteiger partial charge in [-0.2, -0.15) is 0 Å². The van der Waals surface area contributed by atoms with Gasteiger partial charge in [0.15, 0.2) is 6.61 Å². The molecule has 1 aliphatic heterocycles. The Kier molecular flexibility index (Phi) is 4.76. The van der Waals surface area contributed by atoms with Gasteiger partial charge in [0, 0.05) is 25.7 Å². The number of hydrogen-bond donors (Lipinski definition) is 2. The molecule has 0 aliphatic carbocycles. The molecule has 1 fully saturated rings. The van der Waals surface area contributed by atoms with Gasteiger partial charge in [0.1, 0.15) is 5.75 Å². The van der Waals surface area contributed by atoms with Gasteiger partial charge in [0.25, 0.3) is 5.91 Å². The van der Waals surface area contributed by atoms with Crippen LogP contribution in [0.25, 0.3) is 0 Å². The molecule has 5 heteroatoms. The molecule has 1 heterocycles. The maximum atomic E-state index is 10.6. The zero-order chi connectivity index (χ0) is 13.7. The topological polar surface area (TPSA) is 67.6 Å². The molecule has 0 spiro atoms. The average molecular weight is 263 g/mol. The number of hydrogen-bond acceptors (Lipinski definition) is 4. The van der Waals surface area contributed by atoms with E-state index in [0.717, 1.165) is 26.2 Å². The number of primary amides is 1. The van der Waals surface area contributed by atoms with Gasteiger partial charge in [-0.3, -0.25) is 9.69 Å². The van der Waals surface area contributed by atoms with Gasteiger partial charge in [0.2, 0.25) is 0 Å². The summed E-state index contributed by atoms with van der Waals surface area (Å²) < 4.78 is 5.24. The molecule has 104 valence electrons. The van der Waals surface area contributed by atoms with Crippen molar-refractivity contribution >= 4 is 5.91 Å². The van der Waals surface area contributed by atoms with Crippen LogP contribution in [0.3, 0.4) is 0 Å². The van der Waals surface area contributed by atoms with Crippen molar-refractivity contribution in [3.8, 4) is 5.75 Å². The molecule has 1 aromatic rings. The fourth-order valence-electron chi connectivity index (χ4n) is 2.11. The Morgan fingerprint density at radius 1 is 1.42 bits per heavy atom. The predicted molar refractivity (Wildman–Crippen MR) is 73.9 cm³/mol. The molecule has 5 nitrogen and oxygen atoms in total. The number of benzene rings is 1. The van der Waals surface area contributed by atoms with Crippen LogP contribution in [0.5, 0.6) is 5.75 Å². The number of likely N-dealkylation sites (N-methyl/N-ethyl adjacent to an activating group) is 1. The number of nitrogens with one attached hydrogen (secondary N) is 1. The maximum absolute atomic E-state index is 10.6. The lowest BCUT2D eigenvalue weighted by Gasteiger charge is -2.37. The third-order valence-electron chi connectivity index (χ3n) is 3.37. The first-order valence-electron chi connectivity index (χ1n) is 6.64. The molecular weight excluding hydrogens is 242 g/mol. The second kappa shape index (κ2) is 6.54. The van der Waals surface area contributed by atoms with Gasteiger partial charge in [-0.05, 0) is 24.2 Å². The first-order chi connectivity index (χ1) is 9.19. The molecule has 1 saturated heterocycles. The van der Waals surface area contributed by atoms with Crippen LogP contribution in [0.15, 0.2) is 24.3 Å². The highest BCUT2D eigenvalue weighted by Crippen LogP contribution is 2.15. The molecule has 0 unspecified atom stereocenters. The Bertz CT molecular complexity index is 415. The van der Waals surface area contributed by atoms with E-state index < -0.39 is 5.91 Å². The van der Waals surface area contributed by atoms with Gasteiger partial charge >= 0.3 is 0 Å². The van der Waals surface area contributed by atoms with Crippen LogP contribution in [0.1, 0.15) is 12.5 Å². The number of nitrogens with zero attached hydrogens (tertiary/aromatic N) is 1. The van der Waals surface area contributed by atoms with Crippen molar-refractivity contribution in [2.24, 2.45) is 5.73 Å². The fraction of sp³-hybridized carbons (Fsp3) is 0.500. The predicted octanol–water partition coefficient (Wildman–Crippen LogP) is 0.344. The van der Waals surface area contributed by atoms with Gasteiger partial charge in [-0.25, -0.2) is 0 Å². The summed E-state index contributed by atoms with van der Waals surface area (Å²) in [7, 11) is 0. The van der Waals surface area contributed by atoms with Gasteiger partial charge in [0.05, 0.1) is 0 Å². The Balaban J connectivity index is 1.88. The standard InChI is InChI=1S/C14H21N3O2/c1-2-17(12-7-16-8-12)9-11-3-5-13(6-4-11)19-10-14(15)18/h3-6,12,16H,2,7-10H2,1H3,(H2,15,18). The highest BCUT2D eigenvalue weighted by atomic mass is 16.5. The van der Waals surface area contributed by atoms with E-state index in [4.69, 9.17) is 10.5 Å². The third-order valence-corrected chi connectivity index (χ3v) is 3.37. The average Bonchev–Trinajstić information content (AvgIpc) is 2.35. The number of amides is 1. The summed E-state index contributed by atoms with van der Waals surface area (Å²) >= 11 is 0. The van der Waals surface area contributed by atoms with Crippen LogP contribution >= 0.6 is 0 Å². The van der Waals surface area contributed by atoms with Crippen molar-refractivity contribution in [2.45, 2.75) is 19.5 Å². The molecule has 0 radical (unpaired) electrons. The maximum Gasteiger partial charge on any atom is 0.255 e. The normalized spacial score (nSPS) is 15.3. The number of ether oxygens (including phenoxy) is 1. The van der Waals surface area contributed by atoms with Crippen LogP contribution in [-0.4, -0.2) is 43.1 Å². The molecule has 1 aromatic carbocycles. The lowest BCUT2D eigenvalue weighted by atomic mass is 10.1. The summed E-state index contributed by atoms with van der Waals surface area (Å²) in [6, 6.07) is 8.47. The highest BCUT2D eigenvalue weighted by Gasteiger charge is 2.22. The summed E-state index contributed by atoms with van der Waals surface area (Å²) in [4.78, 5) is 13.1. The van der Waals surface area contributed by atoms with Crippen molar-refractivity contribution < 1.29 is 9.53 Å². The van der Waals surface area contributed by atoms with Crippen LogP contribution in [-0.2, 0) is 11.3 Å². The Hall–Kier alpha value is -1.59. The summed E-state index contributed by atoms with van der Waals surface area (Å²) in [6.07, 6.45) is 0. The molecule has 1 aliphatic rings. The van der Waals surface area contributed by atoms with E-state index in [2.05, 4.69) is 17.1 Å². The van der Waals surface area contributed by atoms with E-state index in [1.807, 2.05) is 24.3 Å². The van der Waals surface area contributed by atoms with Crippen molar-refractivity contribution in [3.05, 3.63) is 29.8 Å². The zero-order valence-corrected chi connectivity index (χ0v) is 11.3.